The van der Waals surface area contributed by atoms with Gasteiger partial charge in [-0.15, -0.1) is 11.3 Å². The van der Waals surface area contributed by atoms with Crippen LogP contribution >= 0.6 is 34.5 Å². The molecule has 1 aromatic heterocycles. The van der Waals surface area contributed by atoms with Gasteiger partial charge in [0.25, 0.3) is 5.91 Å². The number of halogens is 2. The molecule has 3 rings (SSSR count). The predicted molar refractivity (Wildman–Crippen MR) is 103 cm³/mol. The molecule has 2 N–H and O–H groups in total. The van der Waals surface area contributed by atoms with Gasteiger partial charge in [-0.1, -0.05) is 29.3 Å². The van der Waals surface area contributed by atoms with E-state index in [1.807, 2.05) is 6.07 Å². The van der Waals surface area contributed by atoms with Gasteiger partial charge in [0, 0.05) is 11.6 Å². The zero-order valence-corrected chi connectivity index (χ0v) is 16.1. The van der Waals surface area contributed by atoms with Crippen LogP contribution in [0.25, 0.3) is 0 Å². The van der Waals surface area contributed by atoms with Gasteiger partial charge >= 0.3 is 0 Å². The molecule has 1 aliphatic rings. The largest absolute Gasteiger partial charge is 0.372 e. The molecule has 1 aromatic carbocycles. The van der Waals surface area contributed by atoms with E-state index in [0.717, 1.165) is 32.5 Å². The highest BCUT2D eigenvalue weighted by atomic mass is 35.5. The average Bonchev–Trinajstić information content (AvgIpc) is 3.25. The molecule has 0 aliphatic carbocycles. The molecular formula is C18H21Cl2N2O2S+. The van der Waals surface area contributed by atoms with Gasteiger partial charge in [-0.05, 0) is 42.5 Å². The lowest BCUT2D eigenvalue weighted by atomic mass is 10.2. The minimum Gasteiger partial charge on any atom is -0.372 e. The minimum absolute atomic E-state index is 0.0753. The van der Waals surface area contributed by atoms with Crippen molar-refractivity contribution in [2.45, 2.75) is 25.5 Å². The summed E-state index contributed by atoms with van der Waals surface area (Å²) in [6.45, 7) is 2.82. The Kier molecular flexibility index (Phi) is 6.73. The maximum Gasteiger partial charge on any atom is 0.279 e. The van der Waals surface area contributed by atoms with E-state index in [1.54, 1.807) is 29.5 Å². The summed E-state index contributed by atoms with van der Waals surface area (Å²) in [6, 6.07) is 9.19. The zero-order valence-electron chi connectivity index (χ0n) is 13.8. The number of benzene rings is 1. The van der Waals surface area contributed by atoms with Crippen molar-refractivity contribution in [3.8, 4) is 0 Å². The molecule has 4 nitrogen and oxygen atoms in total. The summed E-state index contributed by atoms with van der Waals surface area (Å²) >= 11 is 13.8. The van der Waals surface area contributed by atoms with Gasteiger partial charge < -0.3 is 15.0 Å². The number of carbonyl (C=O) groups is 1. The first kappa shape index (κ1) is 18.7. The number of rotatable bonds is 7. The monoisotopic (exact) mass is 399 g/mol. The second kappa shape index (κ2) is 9.01. The van der Waals surface area contributed by atoms with Crippen molar-refractivity contribution in [2.75, 3.05) is 25.0 Å². The van der Waals surface area contributed by atoms with E-state index in [4.69, 9.17) is 27.9 Å². The van der Waals surface area contributed by atoms with E-state index in [9.17, 15) is 4.79 Å². The summed E-state index contributed by atoms with van der Waals surface area (Å²) in [4.78, 5) is 15.0. The zero-order chi connectivity index (χ0) is 17.6. The fourth-order valence-corrected chi connectivity index (χ4v) is 4.12. The normalized spacial score (nSPS) is 18.2. The lowest BCUT2D eigenvalue weighted by molar-refractivity contribution is -0.908. The molecular weight excluding hydrogens is 379 g/mol. The summed E-state index contributed by atoms with van der Waals surface area (Å²) in [7, 11) is 0. The van der Waals surface area contributed by atoms with Gasteiger partial charge in [0.05, 0.1) is 15.6 Å². The van der Waals surface area contributed by atoms with Gasteiger partial charge in [-0.2, -0.15) is 0 Å². The number of quaternary nitrogens is 1. The van der Waals surface area contributed by atoms with Gasteiger partial charge in [-0.3, -0.25) is 4.79 Å². The molecule has 1 aliphatic heterocycles. The van der Waals surface area contributed by atoms with Crippen molar-refractivity contribution < 1.29 is 14.4 Å². The van der Waals surface area contributed by atoms with Crippen LogP contribution in [-0.2, 0) is 16.1 Å². The highest BCUT2D eigenvalue weighted by Crippen LogP contribution is 2.25. The Balaban J connectivity index is 1.63. The lowest BCUT2D eigenvalue weighted by Crippen LogP contribution is -3.12. The minimum atomic E-state index is -0.0753. The van der Waals surface area contributed by atoms with Crippen LogP contribution in [0.2, 0.25) is 10.0 Å². The fourth-order valence-electron chi connectivity index (χ4n) is 3.01. The molecule has 0 radical (unpaired) electrons. The molecule has 2 atom stereocenters. The van der Waals surface area contributed by atoms with Crippen molar-refractivity contribution in [1.82, 2.24) is 0 Å². The summed E-state index contributed by atoms with van der Waals surface area (Å²) in [5, 5.41) is 5.96. The third kappa shape index (κ3) is 5.69. The highest BCUT2D eigenvalue weighted by molar-refractivity contribution is 7.09. The van der Waals surface area contributed by atoms with Crippen molar-refractivity contribution >= 4 is 46.1 Å². The van der Waals surface area contributed by atoms with Crippen LogP contribution < -0.4 is 10.2 Å². The van der Waals surface area contributed by atoms with Crippen molar-refractivity contribution in [1.29, 1.82) is 0 Å². The number of thiophene rings is 1. The van der Waals surface area contributed by atoms with Gasteiger partial charge in [0.2, 0.25) is 0 Å². The Labute approximate surface area is 161 Å². The summed E-state index contributed by atoms with van der Waals surface area (Å²) in [6.07, 6.45) is 2.40. The molecule has 1 fully saturated rings. The maximum atomic E-state index is 12.5. The third-order valence-electron chi connectivity index (χ3n) is 4.16. The number of hydrogen-bond donors (Lipinski definition) is 2. The molecule has 2 aromatic rings. The number of hydrogen-bond acceptors (Lipinski definition) is 3. The van der Waals surface area contributed by atoms with Gasteiger partial charge in [-0.25, -0.2) is 0 Å². The van der Waals surface area contributed by atoms with E-state index in [2.05, 4.69) is 16.8 Å². The Morgan fingerprint density at radius 2 is 2.24 bits per heavy atom. The molecule has 25 heavy (non-hydrogen) atoms. The molecule has 1 unspecified atom stereocenters. The Morgan fingerprint density at radius 1 is 1.36 bits per heavy atom. The van der Waals surface area contributed by atoms with E-state index < -0.39 is 0 Å². The third-order valence-corrected chi connectivity index (χ3v) is 5.60. The highest BCUT2D eigenvalue weighted by Gasteiger charge is 2.24. The second-order valence-corrected chi connectivity index (χ2v) is 8.07. The van der Waals surface area contributed by atoms with E-state index >= 15 is 0 Å². The molecule has 0 saturated carbocycles. The maximum absolute atomic E-state index is 12.5. The topological polar surface area (TPSA) is 42.8 Å². The van der Waals surface area contributed by atoms with Crippen LogP contribution in [0.4, 0.5) is 5.69 Å². The first-order chi connectivity index (χ1) is 12.1. The van der Waals surface area contributed by atoms with Crippen LogP contribution in [-0.4, -0.2) is 31.7 Å². The fraction of sp³-hybridized carbons (Fsp3) is 0.389. The summed E-state index contributed by atoms with van der Waals surface area (Å²) < 4.78 is 5.75. The Bertz CT molecular complexity index is 703. The van der Waals surface area contributed by atoms with Crippen LogP contribution in [0.15, 0.2) is 35.7 Å². The average molecular weight is 400 g/mol. The van der Waals surface area contributed by atoms with Gasteiger partial charge in [0.1, 0.15) is 19.2 Å². The molecule has 134 valence electrons. The van der Waals surface area contributed by atoms with Crippen molar-refractivity contribution in [3.05, 3.63) is 50.6 Å². The summed E-state index contributed by atoms with van der Waals surface area (Å²) in [5.74, 6) is -0.0753. The molecule has 1 amide bonds. The number of nitrogens with one attached hydrogen (secondary N) is 2. The standard InChI is InChI=1S/C18H20Cl2N2O2S/c19-13-5-6-16(20)17(9-13)21-18(23)12-22(10-14-3-1-7-24-14)11-15-4-2-8-25-15/h2,4-6,8-9,14H,1,3,7,10-12H2,(H,21,23)/p+1/t14-/m0/s1. The van der Waals surface area contributed by atoms with Gasteiger partial charge in [0.15, 0.2) is 6.54 Å². The van der Waals surface area contributed by atoms with Crippen LogP contribution in [0.5, 0.6) is 0 Å². The van der Waals surface area contributed by atoms with Crippen LogP contribution in [0, 0.1) is 0 Å². The first-order valence-electron chi connectivity index (χ1n) is 8.32. The number of ether oxygens (including phenoxy) is 1. The predicted octanol–water partition coefficient (Wildman–Crippen LogP) is 3.26. The second-order valence-electron chi connectivity index (χ2n) is 6.19. The Hall–Kier alpha value is -1.11. The molecule has 1 saturated heterocycles. The van der Waals surface area contributed by atoms with Crippen LogP contribution in [0.3, 0.4) is 0 Å². The van der Waals surface area contributed by atoms with Crippen molar-refractivity contribution in [2.24, 2.45) is 0 Å². The van der Waals surface area contributed by atoms with E-state index in [0.29, 0.717) is 22.3 Å². The molecule has 0 spiro atoms. The van der Waals surface area contributed by atoms with E-state index in [-0.39, 0.29) is 12.0 Å². The quantitative estimate of drug-likeness (QED) is 0.750. The van der Waals surface area contributed by atoms with Crippen LogP contribution in [0.1, 0.15) is 17.7 Å². The molecule has 2 heterocycles. The lowest BCUT2D eigenvalue weighted by Gasteiger charge is -2.21. The summed E-state index contributed by atoms with van der Waals surface area (Å²) in [5.41, 5.74) is 0.548. The smallest absolute Gasteiger partial charge is 0.279 e. The SMILES string of the molecule is O=C(C[NH+](Cc1cccs1)C[C@@H]1CCCO1)Nc1cc(Cl)ccc1Cl. The first-order valence-corrected chi connectivity index (χ1v) is 9.96. The number of amides is 1. The number of anilines is 1. The van der Waals surface area contributed by atoms with Crippen molar-refractivity contribution in [3.63, 3.8) is 0 Å². The molecule has 7 heteroatoms. The molecule has 0 bridgehead atoms. The Morgan fingerprint density at radius 3 is 2.96 bits per heavy atom. The number of carbonyl (C=O) groups excluding carboxylic acids is 1. The van der Waals surface area contributed by atoms with E-state index in [1.165, 1.54) is 9.78 Å².